The largest absolute Gasteiger partial charge is 0.350 e. The van der Waals surface area contributed by atoms with Crippen molar-refractivity contribution >= 4 is 33.2 Å². The number of nitrogens with one attached hydrogen (secondary N) is 1. The van der Waals surface area contributed by atoms with Crippen LogP contribution in [0.2, 0.25) is 0 Å². The Kier molecular flexibility index (Phi) is 10.6. The predicted octanol–water partition coefficient (Wildman–Crippen LogP) is 5.65. The lowest BCUT2D eigenvalue weighted by Crippen LogP contribution is -2.56. The van der Waals surface area contributed by atoms with Crippen LogP contribution in [-0.2, 0) is 32.6 Å². The van der Waals surface area contributed by atoms with E-state index in [1.807, 2.05) is 82.3 Å². The van der Waals surface area contributed by atoms with E-state index in [0.29, 0.717) is 0 Å². The van der Waals surface area contributed by atoms with E-state index in [4.69, 9.17) is 0 Å². The number of sulfonamides is 1. The Morgan fingerprint density at radius 3 is 1.98 bits per heavy atom. The van der Waals surface area contributed by atoms with Crippen molar-refractivity contribution in [1.29, 1.82) is 0 Å². The van der Waals surface area contributed by atoms with Crippen molar-refractivity contribution in [2.45, 2.75) is 57.1 Å². The first-order chi connectivity index (χ1) is 21.8. The van der Waals surface area contributed by atoms with Gasteiger partial charge < -0.3 is 10.2 Å². The molecule has 0 aliphatic heterocycles. The highest BCUT2D eigenvalue weighted by atomic mass is 32.2. The van der Waals surface area contributed by atoms with E-state index in [2.05, 4.69) is 5.32 Å². The van der Waals surface area contributed by atoms with Crippen molar-refractivity contribution < 1.29 is 22.9 Å². The maximum absolute atomic E-state index is 14.5. The van der Waals surface area contributed by atoms with Gasteiger partial charge in [0, 0.05) is 30.6 Å². The molecule has 0 radical (unpaired) electrons. The van der Waals surface area contributed by atoms with Gasteiger partial charge in [-0.25, -0.2) is 8.42 Å². The van der Waals surface area contributed by atoms with Gasteiger partial charge in [0.1, 0.15) is 12.6 Å². The molecule has 0 saturated heterocycles. The minimum Gasteiger partial charge on any atom is -0.350 e. The monoisotopic (exact) mass is 642 g/mol. The molecule has 240 valence electrons. The average Bonchev–Trinajstić information content (AvgIpc) is 3.02. The zero-order valence-electron chi connectivity index (χ0n) is 26.3. The molecule has 0 heterocycles. The van der Waals surface area contributed by atoms with E-state index in [1.54, 1.807) is 18.2 Å². The summed E-state index contributed by atoms with van der Waals surface area (Å²) in [5.74, 6) is -1.00. The number of non-ortho nitro benzene ring substituents is 1. The van der Waals surface area contributed by atoms with Crippen molar-refractivity contribution in [3.05, 3.63) is 136 Å². The Morgan fingerprint density at radius 1 is 0.848 bits per heavy atom. The van der Waals surface area contributed by atoms with E-state index in [0.717, 1.165) is 21.0 Å². The number of amides is 2. The Morgan fingerprint density at radius 2 is 1.41 bits per heavy atom. The zero-order valence-corrected chi connectivity index (χ0v) is 27.1. The molecule has 0 saturated carbocycles. The van der Waals surface area contributed by atoms with Gasteiger partial charge >= 0.3 is 0 Å². The van der Waals surface area contributed by atoms with Gasteiger partial charge in [-0.05, 0) is 68.7 Å². The number of anilines is 1. The van der Waals surface area contributed by atoms with Crippen LogP contribution < -0.4 is 9.62 Å². The highest BCUT2D eigenvalue weighted by Crippen LogP contribution is 2.27. The molecule has 4 rings (SSSR count). The fourth-order valence-corrected chi connectivity index (χ4v) is 6.40. The van der Waals surface area contributed by atoms with E-state index >= 15 is 0 Å². The van der Waals surface area contributed by atoms with Crippen LogP contribution in [0.1, 0.15) is 37.5 Å². The number of nitro benzene ring substituents is 1. The Labute approximate surface area is 269 Å². The standard InChI is InChI=1S/C35H38N4O6S/c1-26-13-11-12-16-28(26)24-37(32(34(41)36-35(2,3)4)23-27-14-7-5-8-15-27)33(40)25-38(29-19-21-30(22-20-29)39(42)43)46(44,45)31-17-9-6-10-18-31/h5-22,32H,23-25H2,1-4H3,(H,36,41)/t32-/m1/s1. The number of nitrogens with zero attached hydrogens (tertiary/aromatic N) is 3. The Balaban J connectivity index is 1.83. The molecule has 0 aliphatic carbocycles. The van der Waals surface area contributed by atoms with Gasteiger partial charge in [0.2, 0.25) is 11.8 Å². The number of aryl methyl sites for hydroxylation is 1. The molecule has 0 unspecified atom stereocenters. The zero-order chi connectivity index (χ0) is 33.5. The normalized spacial score (nSPS) is 12.2. The van der Waals surface area contributed by atoms with E-state index in [1.165, 1.54) is 41.3 Å². The molecule has 0 fully saturated rings. The summed E-state index contributed by atoms with van der Waals surface area (Å²) in [6.45, 7) is 6.83. The fraction of sp³-hybridized carbons (Fsp3) is 0.257. The van der Waals surface area contributed by atoms with Crippen molar-refractivity contribution in [2.24, 2.45) is 0 Å². The number of hydrogen-bond acceptors (Lipinski definition) is 6. The maximum Gasteiger partial charge on any atom is 0.269 e. The quantitative estimate of drug-likeness (QED) is 0.157. The van der Waals surface area contributed by atoms with Crippen molar-refractivity contribution in [1.82, 2.24) is 10.2 Å². The van der Waals surface area contributed by atoms with Crippen LogP contribution in [0.3, 0.4) is 0 Å². The lowest BCUT2D eigenvalue weighted by Gasteiger charge is -2.35. The lowest BCUT2D eigenvalue weighted by molar-refractivity contribution is -0.384. The molecule has 0 bridgehead atoms. The number of carbonyl (C=O) groups excluding carboxylic acids is 2. The molecule has 1 N–H and O–H groups in total. The van der Waals surface area contributed by atoms with E-state index < -0.39 is 39.0 Å². The van der Waals surface area contributed by atoms with Crippen LogP contribution in [0.15, 0.2) is 114 Å². The van der Waals surface area contributed by atoms with Gasteiger partial charge in [0.15, 0.2) is 0 Å². The minimum atomic E-state index is -4.32. The predicted molar refractivity (Wildman–Crippen MR) is 178 cm³/mol. The third kappa shape index (κ3) is 8.57. The average molecular weight is 643 g/mol. The van der Waals surface area contributed by atoms with E-state index in [9.17, 15) is 28.1 Å². The summed E-state index contributed by atoms with van der Waals surface area (Å²) in [6, 6.07) is 28.4. The second kappa shape index (κ2) is 14.4. The highest BCUT2D eigenvalue weighted by Gasteiger charge is 2.36. The molecule has 0 spiro atoms. The van der Waals surface area contributed by atoms with Crippen LogP contribution in [-0.4, -0.2) is 48.2 Å². The summed E-state index contributed by atoms with van der Waals surface area (Å²) in [4.78, 5) is 40.6. The highest BCUT2D eigenvalue weighted by molar-refractivity contribution is 7.92. The molecule has 10 nitrogen and oxygen atoms in total. The van der Waals surface area contributed by atoms with Gasteiger partial charge in [-0.1, -0.05) is 72.8 Å². The molecular weight excluding hydrogens is 604 g/mol. The summed E-state index contributed by atoms with van der Waals surface area (Å²) < 4.78 is 29.0. The number of nitro groups is 1. The number of carbonyl (C=O) groups is 2. The maximum atomic E-state index is 14.5. The molecule has 4 aromatic rings. The van der Waals surface area contributed by atoms with Gasteiger partial charge in [-0.2, -0.15) is 0 Å². The summed E-state index contributed by atoms with van der Waals surface area (Å²) in [6.07, 6.45) is 0.184. The fourth-order valence-electron chi connectivity index (χ4n) is 4.97. The molecule has 2 amide bonds. The van der Waals surface area contributed by atoms with Crippen LogP contribution in [0.4, 0.5) is 11.4 Å². The number of rotatable bonds is 12. The van der Waals surface area contributed by atoms with Gasteiger partial charge in [-0.3, -0.25) is 24.0 Å². The minimum absolute atomic E-state index is 0.0417. The van der Waals surface area contributed by atoms with Crippen molar-refractivity contribution in [3.63, 3.8) is 0 Å². The second-order valence-electron chi connectivity index (χ2n) is 12.0. The first-order valence-corrected chi connectivity index (χ1v) is 16.2. The van der Waals surface area contributed by atoms with Gasteiger partial charge in [0.05, 0.1) is 15.5 Å². The Hall–Kier alpha value is -5.03. The molecule has 1 atom stereocenters. The molecule has 11 heteroatoms. The third-order valence-corrected chi connectivity index (χ3v) is 9.12. The van der Waals surface area contributed by atoms with Gasteiger partial charge in [-0.15, -0.1) is 0 Å². The summed E-state index contributed by atoms with van der Waals surface area (Å²) >= 11 is 0. The smallest absolute Gasteiger partial charge is 0.269 e. The SMILES string of the molecule is Cc1ccccc1CN(C(=O)CN(c1ccc([N+](=O)[O-])cc1)S(=O)(=O)c1ccccc1)[C@H](Cc1ccccc1)C(=O)NC(C)(C)C. The number of benzene rings is 4. The first-order valence-electron chi connectivity index (χ1n) is 14.8. The molecular formula is C35H38N4O6S. The Bertz CT molecular complexity index is 1770. The second-order valence-corrected chi connectivity index (χ2v) is 13.9. The lowest BCUT2D eigenvalue weighted by atomic mass is 10.00. The van der Waals surface area contributed by atoms with Crippen LogP contribution in [0, 0.1) is 17.0 Å². The third-order valence-electron chi connectivity index (χ3n) is 7.33. The number of hydrogen-bond donors (Lipinski definition) is 1. The van der Waals surface area contributed by atoms with Gasteiger partial charge in [0.25, 0.3) is 15.7 Å². The van der Waals surface area contributed by atoms with Crippen LogP contribution in [0.5, 0.6) is 0 Å². The summed E-state index contributed by atoms with van der Waals surface area (Å²) in [5, 5.41) is 14.3. The van der Waals surface area contributed by atoms with Crippen LogP contribution >= 0.6 is 0 Å². The molecule has 46 heavy (non-hydrogen) atoms. The first kappa shape index (κ1) is 33.9. The van der Waals surface area contributed by atoms with Crippen molar-refractivity contribution in [2.75, 3.05) is 10.8 Å². The van der Waals surface area contributed by atoms with Crippen LogP contribution in [0.25, 0.3) is 0 Å². The molecule has 0 aromatic heterocycles. The summed E-state index contributed by atoms with van der Waals surface area (Å²) in [7, 11) is -4.32. The van der Waals surface area contributed by atoms with Crippen molar-refractivity contribution in [3.8, 4) is 0 Å². The summed E-state index contributed by atoms with van der Waals surface area (Å²) in [5.41, 5.74) is 1.75. The topological polar surface area (TPSA) is 130 Å². The van der Waals surface area contributed by atoms with E-state index in [-0.39, 0.29) is 35.1 Å². The molecule has 0 aliphatic rings. The molecule has 4 aromatic carbocycles.